The molecule has 1 amide bonds. The lowest BCUT2D eigenvalue weighted by Crippen LogP contribution is -2.47. The summed E-state index contributed by atoms with van der Waals surface area (Å²) < 4.78 is 0. The Balaban J connectivity index is 2.26. The van der Waals surface area contributed by atoms with Crippen molar-refractivity contribution >= 4 is 5.91 Å². The summed E-state index contributed by atoms with van der Waals surface area (Å²) in [7, 11) is 4.11. The van der Waals surface area contributed by atoms with Crippen LogP contribution < -0.4 is 10.6 Å². The molecule has 0 aliphatic carbocycles. The molecule has 0 aromatic rings. The minimum atomic E-state index is 0.0271. The van der Waals surface area contributed by atoms with Gasteiger partial charge in [0.2, 0.25) is 5.91 Å². The SMILES string of the molecule is CC(CCN(C)C)NC(=O)C1CCCCCN1. The first-order chi connectivity index (χ1) is 8.09. The number of carbonyl (C=O) groups is 1. The molecule has 1 aliphatic heterocycles. The molecule has 1 fully saturated rings. The normalized spacial score (nSPS) is 23.2. The predicted molar refractivity (Wildman–Crippen MR) is 71.0 cm³/mol. The van der Waals surface area contributed by atoms with Gasteiger partial charge in [0, 0.05) is 6.04 Å². The summed E-state index contributed by atoms with van der Waals surface area (Å²) in [5.41, 5.74) is 0. The van der Waals surface area contributed by atoms with Crippen LogP contribution in [0.25, 0.3) is 0 Å². The summed E-state index contributed by atoms with van der Waals surface area (Å²) in [5.74, 6) is 0.179. The van der Waals surface area contributed by atoms with Crippen molar-refractivity contribution in [2.75, 3.05) is 27.2 Å². The number of nitrogens with one attached hydrogen (secondary N) is 2. The maximum atomic E-state index is 12.0. The molecule has 1 aliphatic rings. The molecule has 1 rings (SSSR count). The summed E-state index contributed by atoms with van der Waals surface area (Å²) in [6.45, 7) is 4.07. The molecule has 1 saturated heterocycles. The van der Waals surface area contributed by atoms with Gasteiger partial charge in [-0.3, -0.25) is 4.79 Å². The van der Waals surface area contributed by atoms with E-state index in [1.807, 2.05) is 0 Å². The summed E-state index contributed by atoms with van der Waals surface area (Å²) in [6, 6.07) is 0.286. The van der Waals surface area contributed by atoms with Crippen LogP contribution in [0.15, 0.2) is 0 Å². The van der Waals surface area contributed by atoms with Crippen molar-refractivity contribution in [1.82, 2.24) is 15.5 Å². The van der Waals surface area contributed by atoms with Crippen molar-refractivity contribution in [3.8, 4) is 0 Å². The van der Waals surface area contributed by atoms with Crippen LogP contribution in [-0.2, 0) is 4.79 Å². The fraction of sp³-hybridized carbons (Fsp3) is 0.923. The van der Waals surface area contributed by atoms with E-state index in [2.05, 4.69) is 36.6 Å². The topological polar surface area (TPSA) is 44.4 Å². The lowest BCUT2D eigenvalue weighted by Gasteiger charge is -2.21. The highest BCUT2D eigenvalue weighted by Crippen LogP contribution is 2.08. The number of hydrogen-bond donors (Lipinski definition) is 2. The van der Waals surface area contributed by atoms with Crippen molar-refractivity contribution < 1.29 is 4.79 Å². The second kappa shape index (κ2) is 7.67. The molecule has 0 aromatic heterocycles. The average molecular weight is 241 g/mol. The Hall–Kier alpha value is -0.610. The Kier molecular flexibility index (Phi) is 6.52. The van der Waals surface area contributed by atoms with E-state index >= 15 is 0 Å². The minimum Gasteiger partial charge on any atom is -0.352 e. The van der Waals surface area contributed by atoms with Crippen LogP contribution in [0.2, 0.25) is 0 Å². The van der Waals surface area contributed by atoms with E-state index in [-0.39, 0.29) is 18.0 Å². The molecule has 0 bridgehead atoms. The highest BCUT2D eigenvalue weighted by Gasteiger charge is 2.20. The summed E-state index contributed by atoms with van der Waals surface area (Å²) in [6.07, 6.45) is 5.59. The van der Waals surface area contributed by atoms with Gasteiger partial charge in [0.25, 0.3) is 0 Å². The van der Waals surface area contributed by atoms with Crippen LogP contribution in [0.5, 0.6) is 0 Å². The molecule has 4 heteroatoms. The lowest BCUT2D eigenvalue weighted by atomic mass is 10.1. The van der Waals surface area contributed by atoms with E-state index in [1.54, 1.807) is 0 Å². The summed E-state index contributed by atoms with van der Waals surface area (Å²) >= 11 is 0. The third kappa shape index (κ3) is 6.03. The van der Waals surface area contributed by atoms with Crippen molar-refractivity contribution in [2.24, 2.45) is 0 Å². The maximum Gasteiger partial charge on any atom is 0.237 e. The van der Waals surface area contributed by atoms with Crippen LogP contribution in [0.1, 0.15) is 39.0 Å². The van der Waals surface area contributed by atoms with Gasteiger partial charge in [-0.05, 0) is 53.4 Å². The van der Waals surface area contributed by atoms with E-state index in [4.69, 9.17) is 0 Å². The largest absolute Gasteiger partial charge is 0.352 e. The van der Waals surface area contributed by atoms with Gasteiger partial charge in [0.15, 0.2) is 0 Å². The van der Waals surface area contributed by atoms with Gasteiger partial charge in [0.05, 0.1) is 6.04 Å². The third-order valence-electron chi connectivity index (χ3n) is 3.27. The molecule has 0 saturated carbocycles. The van der Waals surface area contributed by atoms with E-state index in [1.165, 1.54) is 12.8 Å². The number of hydrogen-bond acceptors (Lipinski definition) is 3. The highest BCUT2D eigenvalue weighted by molar-refractivity contribution is 5.81. The Bertz CT molecular complexity index is 223. The van der Waals surface area contributed by atoms with Gasteiger partial charge in [0.1, 0.15) is 0 Å². The number of amides is 1. The fourth-order valence-corrected chi connectivity index (χ4v) is 2.12. The molecule has 100 valence electrons. The molecular weight excluding hydrogens is 214 g/mol. The summed E-state index contributed by atoms with van der Waals surface area (Å²) in [5, 5.41) is 6.43. The lowest BCUT2D eigenvalue weighted by molar-refractivity contribution is -0.123. The first-order valence-corrected chi connectivity index (χ1v) is 6.78. The first kappa shape index (κ1) is 14.5. The van der Waals surface area contributed by atoms with Gasteiger partial charge < -0.3 is 15.5 Å². The molecule has 0 radical (unpaired) electrons. The zero-order valence-electron chi connectivity index (χ0n) is 11.5. The highest BCUT2D eigenvalue weighted by atomic mass is 16.2. The molecule has 1 heterocycles. The van der Waals surface area contributed by atoms with E-state index in [9.17, 15) is 4.79 Å². The predicted octanol–water partition coefficient (Wildman–Crippen LogP) is 0.975. The van der Waals surface area contributed by atoms with Gasteiger partial charge in [-0.1, -0.05) is 12.8 Å². The van der Waals surface area contributed by atoms with Crippen LogP contribution in [-0.4, -0.2) is 50.1 Å². The molecule has 0 spiro atoms. The number of nitrogens with zero attached hydrogens (tertiary/aromatic N) is 1. The van der Waals surface area contributed by atoms with Gasteiger partial charge >= 0.3 is 0 Å². The van der Waals surface area contributed by atoms with E-state index in [0.717, 1.165) is 32.4 Å². The Morgan fingerprint density at radius 1 is 1.41 bits per heavy atom. The monoisotopic (exact) mass is 241 g/mol. The molecular formula is C13H27N3O. The van der Waals surface area contributed by atoms with E-state index < -0.39 is 0 Å². The zero-order valence-corrected chi connectivity index (χ0v) is 11.5. The molecule has 0 aromatic carbocycles. The van der Waals surface area contributed by atoms with Gasteiger partial charge in [-0.2, -0.15) is 0 Å². The fourth-order valence-electron chi connectivity index (χ4n) is 2.12. The number of rotatable bonds is 5. The first-order valence-electron chi connectivity index (χ1n) is 6.78. The number of carbonyl (C=O) groups excluding carboxylic acids is 1. The minimum absolute atomic E-state index is 0.0271. The standard InChI is InChI=1S/C13H27N3O/c1-11(8-10-16(2)3)15-13(17)12-7-5-4-6-9-14-12/h11-12,14H,4-10H2,1-3H3,(H,15,17). The zero-order chi connectivity index (χ0) is 12.7. The van der Waals surface area contributed by atoms with Crippen LogP contribution in [0, 0.1) is 0 Å². The van der Waals surface area contributed by atoms with Crippen molar-refractivity contribution in [3.63, 3.8) is 0 Å². The Morgan fingerprint density at radius 2 is 2.18 bits per heavy atom. The molecule has 2 N–H and O–H groups in total. The van der Waals surface area contributed by atoms with Gasteiger partial charge in [-0.15, -0.1) is 0 Å². The van der Waals surface area contributed by atoms with Crippen LogP contribution >= 0.6 is 0 Å². The Labute approximate surface area is 105 Å². The van der Waals surface area contributed by atoms with Gasteiger partial charge in [-0.25, -0.2) is 0 Å². The third-order valence-corrected chi connectivity index (χ3v) is 3.27. The second-order valence-corrected chi connectivity index (χ2v) is 5.36. The quantitative estimate of drug-likeness (QED) is 0.754. The molecule has 4 nitrogen and oxygen atoms in total. The molecule has 2 atom stereocenters. The smallest absolute Gasteiger partial charge is 0.237 e. The van der Waals surface area contributed by atoms with Crippen molar-refractivity contribution in [2.45, 2.75) is 51.1 Å². The van der Waals surface area contributed by atoms with Crippen molar-refractivity contribution in [1.29, 1.82) is 0 Å². The van der Waals surface area contributed by atoms with Crippen LogP contribution in [0.3, 0.4) is 0 Å². The molecule has 2 unspecified atom stereocenters. The van der Waals surface area contributed by atoms with E-state index in [0.29, 0.717) is 0 Å². The Morgan fingerprint density at radius 3 is 2.88 bits per heavy atom. The maximum absolute atomic E-state index is 12.0. The molecule has 17 heavy (non-hydrogen) atoms. The second-order valence-electron chi connectivity index (χ2n) is 5.36. The summed E-state index contributed by atoms with van der Waals surface area (Å²) in [4.78, 5) is 14.2. The average Bonchev–Trinajstić information content (AvgIpc) is 2.54. The van der Waals surface area contributed by atoms with Crippen LogP contribution in [0.4, 0.5) is 0 Å². The van der Waals surface area contributed by atoms with Crippen molar-refractivity contribution in [3.05, 3.63) is 0 Å².